The molecule has 0 spiro atoms. The van der Waals surface area contributed by atoms with Crippen LogP contribution in [-0.2, 0) is 6.42 Å². The lowest BCUT2D eigenvalue weighted by atomic mass is 10.1. The highest BCUT2D eigenvalue weighted by Crippen LogP contribution is 2.20. The molecule has 2 rings (SSSR count). The van der Waals surface area contributed by atoms with E-state index in [1.54, 1.807) is 18.5 Å². The molecular weight excluding hydrogens is 196 g/mol. The van der Waals surface area contributed by atoms with Gasteiger partial charge in [-0.25, -0.2) is 9.97 Å². The summed E-state index contributed by atoms with van der Waals surface area (Å²) in [6, 6.07) is 3.77. The summed E-state index contributed by atoms with van der Waals surface area (Å²) >= 11 is 6.02. The molecule has 0 N–H and O–H groups in total. The molecule has 0 saturated carbocycles. The summed E-state index contributed by atoms with van der Waals surface area (Å²) in [6.07, 6.45) is 6.10. The molecule has 0 aliphatic rings. The van der Waals surface area contributed by atoms with E-state index in [1.807, 2.05) is 12.1 Å². The minimum atomic E-state index is 0.685. The van der Waals surface area contributed by atoms with Gasteiger partial charge in [0.25, 0.3) is 0 Å². The first kappa shape index (κ1) is 9.16. The standard InChI is InChI=1S/C11H9ClN2/c1-2-3-8-6-9-10(12)4-5-13-11(9)14-7-8/h2,4-7H,1,3H2. The van der Waals surface area contributed by atoms with Gasteiger partial charge in [-0.05, 0) is 24.1 Å². The number of pyridine rings is 2. The molecule has 2 aromatic rings. The third-order valence-corrected chi connectivity index (χ3v) is 2.31. The molecule has 2 heterocycles. The molecule has 3 heteroatoms. The zero-order valence-electron chi connectivity index (χ0n) is 7.57. The van der Waals surface area contributed by atoms with Crippen molar-refractivity contribution in [3.8, 4) is 0 Å². The van der Waals surface area contributed by atoms with E-state index in [-0.39, 0.29) is 0 Å². The molecule has 2 aromatic heterocycles. The van der Waals surface area contributed by atoms with E-state index in [9.17, 15) is 0 Å². The second-order valence-electron chi connectivity index (χ2n) is 3.00. The molecule has 0 aliphatic heterocycles. The summed E-state index contributed by atoms with van der Waals surface area (Å²) < 4.78 is 0. The zero-order valence-corrected chi connectivity index (χ0v) is 8.33. The van der Waals surface area contributed by atoms with Gasteiger partial charge in [-0.1, -0.05) is 17.7 Å². The van der Waals surface area contributed by atoms with Crippen LogP contribution in [0.4, 0.5) is 0 Å². The van der Waals surface area contributed by atoms with E-state index >= 15 is 0 Å². The van der Waals surface area contributed by atoms with Crippen molar-refractivity contribution in [3.05, 3.63) is 47.8 Å². The SMILES string of the molecule is C=CCc1cnc2nccc(Cl)c2c1. The average molecular weight is 205 g/mol. The second kappa shape index (κ2) is 3.76. The van der Waals surface area contributed by atoms with Gasteiger partial charge in [0, 0.05) is 17.8 Å². The Bertz CT molecular complexity index is 480. The average Bonchev–Trinajstić information content (AvgIpc) is 2.20. The third-order valence-electron chi connectivity index (χ3n) is 1.98. The first-order chi connectivity index (χ1) is 6.81. The van der Waals surface area contributed by atoms with Crippen LogP contribution in [0.2, 0.25) is 5.02 Å². The van der Waals surface area contributed by atoms with E-state index in [1.165, 1.54) is 0 Å². The van der Waals surface area contributed by atoms with Crippen LogP contribution < -0.4 is 0 Å². The number of allylic oxidation sites excluding steroid dienone is 1. The topological polar surface area (TPSA) is 25.8 Å². The molecule has 70 valence electrons. The highest BCUT2D eigenvalue weighted by atomic mass is 35.5. The number of fused-ring (bicyclic) bond motifs is 1. The minimum Gasteiger partial charge on any atom is -0.237 e. The maximum atomic E-state index is 6.02. The van der Waals surface area contributed by atoms with Crippen molar-refractivity contribution in [2.24, 2.45) is 0 Å². The van der Waals surface area contributed by atoms with Crippen LogP contribution in [0.3, 0.4) is 0 Å². The van der Waals surface area contributed by atoms with Gasteiger partial charge < -0.3 is 0 Å². The largest absolute Gasteiger partial charge is 0.237 e. The van der Waals surface area contributed by atoms with Crippen LogP contribution in [0.1, 0.15) is 5.56 Å². The van der Waals surface area contributed by atoms with E-state index in [0.717, 1.165) is 17.4 Å². The molecule has 14 heavy (non-hydrogen) atoms. The summed E-state index contributed by atoms with van der Waals surface area (Å²) in [5, 5.41) is 1.59. The molecule has 2 nitrogen and oxygen atoms in total. The lowest BCUT2D eigenvalue weighted by molar-refractivity contribution is 1.20. The Morgan fingerprint density at radius 2 is 2.29 bits per heavy atom. The van der Waals surface area contributed by atoms with Gasteiger partial charge in [0.05, 0.1) is 5.02 Å². The van der Waals surface area contributed by atoms with Crippen molar-refractivity contribution in [2.75, 3.05) is 0 Å². The van der Waals surface area contributed by atoms with Gasteiger partial charge in [0.1, 0.15) is 0 Å². The van der Waals surface area contributed by atoms with Crippen LogP contribution in [0.25, 0.3) is 11.0 Å². The summed E-state index contributed by atoms with van der Waals surface area (Å²) in [5.41, 5.74) is 1.78. The van der Waals surface area contributed by atoms with E-state index in [0.29, 0.717) is 10.7 Å². The number of nitrogens with zero attached hydrogens (tertiary/aromatic N) is 2. The molecule has 0 aromatic carbocycles. The first-order valence-corrected chi connectivity index (χ1v) is 4.69. The Labute approximate surface area is 87.3 Å². The second-order valence-corrected chi connectivity index (χ2v) is 3.41. The first-order valence-electron chi connectivity index (χ1n) is 4.31. The number of hydrogen-bond acceptors (Lipinski definition) is 2. The molecule has 0 unspecified atom stereocenters. The summed E-state index contributed by atoms with van der Waals surface area (Å²) in [4.78, 5) is 8.34. The van der Waals surface area contributed by atoms with E-state index in [2.05, 4.69) is 16.5 Å². The van der Waals surface area contributed by atoms with Crippen molar-refractivity contribution in [2.45, 2.75) is 6.42 Å². The lowest BCUT2D eigenvalue weighted by Crippen LogP contribution is -1.88. The molecule has 0 saturated heterocycles. The van der Waals surface area contributed by atoms with Crippen molar-refractivity contribution in [1.29, 1.82) is 0 Å². The quantitative estimate of drug-likeness (QED) is 0.703. The number of halogens is 1. The van der Waals surface area contributed by atoms with Crippen LogP contribution in [0.5, 0.6) is 0 Å². The van der Waals surface area contributed by atoms with Crippen molar-refractivity contribution < 1.29 is 0 Å². The molecule has 0 aliphatic carbocycles. The number of hydrogen-bond donors (Lipinski definition) is 0. The van der Waals surface area contributed by atoms with Gasteiger partial charge in [-0.3, -0.25) is 0 Å². The minimum absolute atomic E-state index is 0.685. The summed E-state index contributed by atoms with van der Waals surface area (Å²) in [6.45, 7) is 3.68. The normalized spacial score (nSPS) is 10.4. The molecule has 0 fully saturated rings. The molecule has 0 atom stereocenters. The fourth-order valence-electron chi connectivity index (χ4n) is 1.32. The zero-order chi connectivity index (χ0) is 9.97. The fourth-order valence-corrected chi connectivity index (χ4v) is 1.52. The molecule has 0 radical (unpaired) electrons. The van der Waals surface area contributed by atoms with E-state index < -0.39 is 0 Å². The van der Waals surface area contributed by atoms with Gasteiger partial charge >= 0.3 is 0 Å². The van der Waals surface area contributed by atoms with Crippen LogP contribution in [0.15, 0.2) is 37.2 Å². The Hall–Kier alpha value is -1.41. The van der Waals surface area contributed by atoms with Gasteiger partial charge in [0.2, 0.25) is 0 Å². The predicted molar refractivity (Wildman–Crippen MR) is 58.4 cm³/mol. The highest BCUT2D eigenvalue weighted by Gasteiger charge is 2.01. The Morgan fingerprint density at radius 3 is 3.07 bits per heavy atom. The monoisotopic (exact) mass is 204 g/mol. The Morgan fingerprint density at radius 1 is 1.43 bits per heavy atom. The van der Waals surface area contributed by atoms with Crippen LogP contribution in [-0.4, -0.2) is 9.97 Å². The Balaban J connectivity index is 2.63. The predicted octanol–water partition coefficient (Wildman–Crippen LogP) is 3.01. The van der Waals surface area contributed by atoms with E-state index in [4.69, 9.17) is 11.6 Å². The van der Waals surface area contributed by atoms with Gasteiger partial charge in [-0.15, -0.1) is 6.58 Å². The third kappa shape index (κ3) is 1.61. The summed E-state index contributed by atoms with van der Waals surface area (Å²) in [5.74, 6) is 0. The van der Waals surface area contributed by atoms with Crippen molar-refractivity contribution in [1.82, 2.24) is 9.97 Å². The number of aromatic nitrogens is 2. The van der Waals surface area contributed by atoms with Crippen molar-refractivity contribution in [3.63, 3.8) is 0 Å². The molecule has 0 amide bonds. The summed E-state index contributed by atoms with van der Waals surface area (Å²) in [7, 11) is 0. The molecular formula is C11H9ClN2. The van der Waals surface area contributed by atoms with Gasteiger partial charge in [0.15, 0.2) is 5.65 Å². The smallest absolute Gasteiger partial charge is 0.160 e. The fraction of sp³-hybridized carbons (Fsp3) is 0.0909. The maximum absolute atomic E-state index is 6.02. The van der Waals surface area contributed by atoms with Crippen LogP contribution in [0, 0.1) is 0 Å². The Kier molecular flexibility index (Phi) is 2.46. The number of rotatable bonds is 2. The van der Waals surface area contributed by atoms with Crippen molar-refractivity contribution >= 4 is 22.6 Å². The molecule has 0 bridgehead atoms. The lowest BCUT2D eigenvalue weighted by Gasteiger charge is -2.00. The highest BCUT2D eigenvalue weighted by molar-refractivity contribution is 6.35. The maximum Gasteiger partial charge on any atom is 0.160 e. The van der Waals surface area contributed by atoms with Crippen LogP contribution >= 0.6 is 11.6 Å². The van der Waals surface area contributed by atoms with Gasteiger partial charge in [-0.2, -0.15) is 0 Å².